The summed E-state index contributed by atoms with van der Waals surface area (Å²) in [7, 11) is 0. The van der Waals surface area contributed by atoms with Crippen LogP contribution in [-0.4, -0.2) is 11.5 Å². The Kier molecular flexibility index (Phi) is 3.11. The molecule has 1 aromatic heterocycles. The normalized spacial score (nSPS) is 25.3. The molecular weight excluding hydrogens is 270 g/mol. The van der Waals surface area contributed by atoms with Gasteiger partial charge in [0.25, 0.3) is 0 Å². The average molecular weight is 289 g/mol. The van der Waals surface area contributed by atoms with Crippen LogP contribution in [-0.2, 0) is 11.8 Å². The van der Waals surface area contributed by atoms with Crippen LogP contribution in [0.3, 0.4) is 0 Å². The van der Waals surface area contributed by atoms with Crippen LogP contribution < -0.4 is 5.32 Å². The first kappa shape index (κ1) is 13.3. The maximum absolute atomic E-state index is 9.14. The standard InChI is InChI=1S/C19H19N3/c20-12-15-7-4-10-21-18(15)22-13-16-11-19(16)9-3-6-14-5-1-2-8-17(14)19/h1-2,4-5,7-8,10,16H,3,6,9,11,13H2,(H,21,22). The van der Waals surface area contributed by atoms with E-state index in [1.54, 1.807) is 17.8 Å². The van der Waals surface area contributed by atoms with E-state index < -0.39 is 0 Å². The molecule has 22 heavy (non-hydrogen) atoms. The molecule has 0 bridgehead atoms. The summed E-state index contributed by atoms with van der Waals surface area (Å²) in [5, 5.41) is 12.5. The van der Waals surface area contributed by atoms with Crippen molar-refractivity contribution in [2.24, 2.45) is 5.92 Å². The van der Waals surface area contributed by atoms with Gasteiger partial charge in [-0.25, -0.2) is 4.98 Å². The number of pyridine rings is 1. The van der Waals surface area contributed by atoms with Crippen molar-refractivity contribution >= 4 is 5.82 Å². The Bertz CT molecular complexity index is 746. The molecule has 0 radical (unpaired) electrons. The molecule has 2 unspecified atom stereocenters. The Morgan fingerprint density at radius 3 is 3.09 bits per heavy atom. The third kappa shape index (κ3) is 2.07. The molecule has 1 N–H and O–H groups in total. The molecule has 1 fully saturated rings. The number of anilines is 1. The van der Waals surface area contributed by atoms with Crippen molar-refractivity contribution in [3.05, 3.63) is 59.3 Å². The maximum atomic E-state index is 9.14. The highest BCUT2D eigenvalue weighted by atomic mass is 15.0. The summed E-state index contributed by atoms with van der Waals surface area (Å²) in [6.07, 6.45) is 6.80. The van der Waals surface area contributed by atoms with Crippen molar-refractivity contribution < 1.29 is 0 Å². The van der Waals surface area contributed by atoms with Crippen molar-refractivity contribution in [1.29, 1.82) is 5.26 Å². The molecule has 2 atom stereocenters. The first-order valence-electron chi connectivity index (χ1n) is 8.01. The number of nitrogens with zero attached hydrogens (tertiary/aromatic N) is 2. The summed E-state index contributed by atoms with van der Waals surface area (Å²) in [6.45, 7) is 0.903. The van der Waals surface area contributed by atoms with Crippen LogP contribution in [0.1, 0.15) is 36.0 Å². The zero-order valence-electron chi connectivity index (χ0n) is 12.5. The molecule has 3 nitrogen and oxygen atoms in total. The van der Waals surface area contributed by atoms with Crippen molar-refractivity contribution in [1.82, 2.24) is 4.98 Å². The highest BCUT2D eigenvalue weighted by Gasteiger charge is 2.55. The summed E-state index contributed by atoms with van der Waals surface area (Å²) >= 11 is 0. The lowest BCUT2D eigenvalue weighted by molar-refractivity contribution is 0.503. The first-order valence-corrected chi connectivity index (χ1v) is 8.01. The molecule has 1 aromatic carbocycles. The number of rotatable bonds is 3. The van der Waals surface area contributed by atoms with Gasteiger partial charge in [0.2, 0.25) is 0 Å². The van der Waals surface area contributed by atoms with Gasteiger partial charge in [-0.3, -0.25) is 0 Å². The van der Waals surface area contributed by atoms with Crippen molar-refractivity contribution in [3.8, 4) is 6.07 Å². The van der Waals surface area contributed by atoms with Crippen LogP contribution in [0.5, 0.6) is 0 Å². The van der Waals surface area contributed by atoms with Crippen LogP contribution in [0.25, 0.3) is 0 Å². The van der Waals surface area contributed by atoms with Gasteiger partial charge >= 0.3 is 0 Å². The first-order chi connectivity index (χ1) is 10.8. The van der Waals surface area contributed by atoms with E-state index >= 15 is 0 Å². The molecular formula is C19H19N3. The highest BCUT2D eigenvalue weighted by Crippen LogP contribution is 2.60. The molecule has 2 aromatic rings. The van der Waals surface area contributed by atoms with Gasteiger partial charge in [-0.1, -0.05) is 24.3 Å². The Labute approximate surface area is 131 Å². The number of nitrogens with one attached hydrogen (secondary N) is 1. The molecule has 1 spiro atoms. The number of aromatic nitrogens is 1. The molecule has 4 rings (SSSR count). The van der Waals surface area contributed by atoms with E-state index in [4.69, 9.17) is 5.26 Å². The molecule has 0 amide bonds. The number of benzene rings is 1. The average Bonchev–Trinajstić information content (AvgIpc) is 3.27. The summed E-state index contributed by atoms with van der Waals surface area (Å²) in [5.74, 6) is 1.37. The van der Waals surface area contributed by atoms with E-state index in [0.717, 1.165) is 12.4 Å². The van der Waals surface area contributed by atoms with Crippen LogP contribution in [0.15, 0.2) is 42.6 Å². The Balaban J connectivity index is 1.51. The van der Waals surface area contributed by atoms with Crippen molar-refractivity contribution in [2.75, 3.05) is 11.9 Å². The minimum Gasteiger partial charge on any atom is -0.369 e. The zero-order chi connectivity index (χ0) is 15.0. The third-order valence-corrected chi connectivity index (χ3v) is 5.30. The van der Waals surface area contributed by atoms with Gasteiger partial charge in [-0.05, 0) is 54.9 Å². The van der Waals surface area contributed by atoms with Gasteiger partial charge in [-0.2, -0.15) is 5.26 Å². The summed E-state index contributed by atoms with van der Waals surface area (Å²) < 4.78 is 0. The molecule has 0 aliphatic heterocycles. The second-order valence-electron chi connectivity index (χ2n) is 6.46. The largest absolute Gasteiger partial charge is 0.369 e. The van der Waals surface area contributed by atoms with Crippen LogP contribution in [0.2, 0.25) is 0 Å². The molecule has 1 saturated carbocycles. The van der Waals surface area contributed by atoms with E-state index in [0.29, 0.717) is 16.9 Å². The van der Waals surface area contributed by atoms with Gasteiger partial charge in [-0.15, -0.1) is 0 Å². The summed E-state index contributed by atoms with van der Waals surface area (Å²) in [5.41, 5.74) is 4.10. The minimum atomic E-state index is 0.378. The van der Waals surface area contributed by atoms with Gasteiger partial charge in [0.05, 0.1) is 5.56 Å². The molecule has 3 heteroatoms. The molecule has 2 aliphatic carbocycles. The third-order valence-electron chi connectivity index (χ3n) is 5.30. The predicted molar refractivity (Wildman–Crippen MR) is 86.6 cm³/mol. The van der Waals surface area contributed by atoms with E-state index in [1.807, 2.05) is 6.07 Å². The smallest absolute Gasteiger partial charge is 0.143 e. The number of hydrogen-bond donors (Lipinski definition) is 1. The molecule has 1 heterocycles. The maximum Gasteiger partial charge on any atom is 0.143 e. The summed E-state index contributed by atoms with van der Waals surface area (Å²) in [6, 6.07) is 14.7. The zero-order valence-corrected chi connectivity index (χ0v) is 12.5. The molecule has 0 saturated heterocycles. The number of fused-ring (bicyclic) bond motifs is 2. The number of hydrogen-bond acceptors (Lipinski definition) is 3. The molecule has 110 valence electrons. The monoisotopic (exact) mass is 289 g/mol. The van der Waals surface area contributed by atoms with Gasteiger partial charge in [0.15, 0.2) is 0 Å². The molecule has 2 aliphatic rings. The second-order valence-corrected chi connectivity index (χ2v) is 6.46. The fraction of sp³-hybridized carbons (Fsp3) is 0.368. The number of nitriles is 1. The predicted octanol–water partition coefficient (Wildman–Crippen LogP) is 3.66. The fourth-order valence-electron chi connectivity index (χ4n) is 4.09. The van der Waals surface area contributed by atoms with Crippen molar-refractivity contribution in [2.45, 2.75) is 31.1 Å². The van der Waals surface area contributed by atoms with E-state index in [-0.39, 0.29) is 0 Å². The van der Waals surface area contributed by atoms with Gasteiger partial charge in [0.1, 0.15) is 11.9 Å². The van der Waals surface area contributed by atoms with Crippen LogP contribution in [0.4, 0.5) is 5.82 Å². The lowest BCUT2D eigenvalue weighted by Crippen LogP contribution is -2.21. The SMILES string of the molecule is N#Cc1cccnc1NCC1CC12CCCc1ccccc12. The minimum absolute atomic E-state index is 0.378. The van der Waals surface area contributed by atoms with E-state index in [2.05, 4.69) is 40.6 Å². The van der Waals surface area contributed by atoms with Crippen LogP contribution >= 0.6 is 0 Å². The van der Waals surface area contributed by atoms with Gasteiger partial charge < -0.3 is 5.32 Å². The number of aryl methyl sites for hydroxylation is 1. The Morgan fingerprint density at radius 1 is 1.27 bits per heavy atom. The van der Waals surface area contributed by atoms with Crippen molar-refractivity contribution in [3.63, 3.8) is 0 Å². The summed E-state index contributed by atoms with van der Waals surface area (Å²) in [4.78, 5) is 4.29. The fourth-order valence-corrected chi connectivity index (χ4v) is 4.09. The van der Waals surface area contributed by atoms with E-state index in [9.17, 15) is 0 Å². The second kappa shape index (κ2) is 5.14. The Hall–Kier alpha value is -2.34. The highest BCUT2D eigenvalue weighted by molar-refractivity contribution is 5.52. The lowest BCUT2D eigenvalue weighted by atomic mass is 9.78. The topological polar surface area (TPSA) is 48.7 Å². The van der Waals surface area contributed by atoms with E-state index in [1.165, 1.54) is 31.2 Å². The van der Waals surface area contributed by atoms with Crippen LogP contribution in [0, 0.1) is 17.2 Å². The van der Waals surface area contributed by atoms with Gasteiger partial charge in [0, 0.05) is 18.2 Å². The Morgan fingerprint density at radius 2 is 2.18 bits per heavy atom. The quantitative estimate of drug-likeness (QED) is 0.938. The lowest BCUT2D eigenvalue weighted by Gasteiger charge is -2.26.